The number of nitrogen functional groups attached to an aromatic ring is 1. The molecule has 0 bridgehead atoms. The van der Waals surface area contributed by atoms with E-state index in [1.807, 2.05) is 12.1 Å². The average Bonchev–Trinajstić information content (AvgIpc) is 3.36. The molecule has 4 aromatic rings. The SMILES string of the molecule is CCCCN1CCCC[C@H]1C(=O)Cc1c(C)cccc1C.CCCCN1CCCC[C@H]1C(=O)Nc1c(C)cccc1C.CCN(CC)CC(=O)Cc1c(C)cccc1C.CCOC(=O)c1ccc(N)cc1. The van der Waals surface area contributed by atoms with Crippen LogP contribution in [0.2, 0.25) is 0 Å². The van der Waals surface area contributed by atoms with Crippen LogP contribution in [0.5, 0.6) is 0 Å². The Labute approximate surface area is 429 Å². The van der Waals surface area contributed by atoms with Gasteiger partial charge in [-0.1, -0.05) is 108 Å². The molecule has 2 fully saturated rings. The first-order valence-electron chi connectivity index (χ1n) is 26.8. The highest BCUT2D eigenvalue weighted by molar-refractivity contribution is 5.96. The van der Waals surface area contributed by atoms with E-state index in [2.05, 4.69) is 132 Å². The van der Waals surface area contributed by atoms with Crippen molar-refractivity contribution >= 4 is 34.8 Å². The molecule has 2 heterocycles. The lowest BCUT2D eigenvalue weighted by atomic mass is 9.91. The predicted octanol–water partition coefficient (Wildman–Crippen LogP) is 12.2. The van der Waals surface area contributed by atoms with Gasteiger partial charge in [-0.2, -0.15) is 0 Å². The quantitative estimate of drug-likeness (QED) is 0.0698. The lowest BCUT2D eigenvalue weighted by Crippen LogP contribution is -2.47. The largest absolute Gasteiger partial charge is 0.462 e. The molecule has 4 aromatic carbocycles. The summed E-state index contributed by atoms with van der Waals surface area (Å²) in [6, 6.07) is 25.5. The first-order chi connectivity index (χ1) is 34.1. The highest BCUT2D eigenvalue weighted by Gasteiger charge is 2.30. The molecule has 1 amide bonds. The van der Waals surface area contributed by atoms with Gasteiger partial charge in [0.05, 0.1) is 30.8 Å². The number of anilines is 2. The van der Waals surface area contributed by atoms with Gasteiger partial charge in [0.1, 0.15) is 0 Å². The summed E-state index contributed by atoms with van der Waals surface area (Å²) in [7, 11) is 0. The van der Waals surface area contributed by atoms with Crippen molar-refractivity contribution in [2.75, 3.05) is 63.5 Å². The fourth-order valence-corrected chi connectivity index (χ4v) is 9.45. The molecule has 6 rings (SSSR count). The lowest BCUT2D eigenvalue weighted by molar-refractivity contribution is -0.125. The van der Waals surface area contributed by atoms with E-state index in [9.17, 15) is 19.2 Å². The molecule has 390 valence electrons. The van der Waals surface area contributed by atoms with Gasteiger partial charge in [0.15, 0.2) is 11.6 Å². The summed E-state index contributed by atoms with van der Waals surface area (Å²) in [6.07, 6.45) is 12.8. The summed E-state index contributed by atoms with van der Waals surface area (Å²) in [4.78, 5) is 55.6. The maximum atomic E-state index is 12.8. The van der Waals surface area contributed by atoms with Gasteiger partial charge < -0.3 is 15.8 Å². The number of likely N-dealkylation sites (N-methyl/N-ethyl adjacent to an activating group) is 1. The molecule has 0 saturated carbocycles. The molecule has 0 aliphatic carbocycles. The summed E-state index contributed by atoms with van der Waals surface area (Å²) in [6.45, 7) is 30.0. The number of unbranched alkanes of at least 4 members (excludes halogenated alkanes) is 2. The molecule has 0 unspecified atom stereocenters. The van der Waals surface area contributed by atoms with Crippen LogP contribution < -0.4 is 11.1 Å². The Morgan fingerprint density at radius 3 is 1.52 bits per heavy atom. The number of carbonyl (C=O) groups is 4. The summed E-state index contributed by atoms with van der Waals surface area (Å²) in [5.74, 6) is 0.593. The number of aryl methyl sites for hydroxylation is 6. The van der Waals surface area contributed by atoms with Crippen LogP contribution in [0.15, 0.2) is 78.9 Å². The van der Waals surface area contributed by atoms with E-state index in [0.717, 1.165) is 75.3 Å². The monoisotopic (exact) mass is 974 g/mol. The van der Waals surface area contributed by atoms with Crippen LogP contribution in [0.1, 0.15) is 154 Å². The number of para-hydroxylation sites is 1. The molecule has 10 nitrogen and oxygen atoms in total. The number of hydrogen-bond donors (Lipinski definition) is 2. The van der Waals surface area contributed by atoms with E-state index >= 15 is 0 Å². The number of piperidine rings is 2. The van der Waals surface area contributed by atoms with Crippen LogP contribution in [0.3, 0.4) is 0 Å². The van der Waals surface area contributed by atoms with Gasteiger partial charge in [-0.05, 0) is 195 Å². The molecule has 2 atom stereocenters. The zero-order chi connectivity index (χ0) is 52.3. The first-order valence-corrected chi connectivity index (χ1v) is 26.8. The van der Waals surface area contributed by atoms with Gasteiger partial charge in [-0.25, -0.2) is 4.79 Å². The Bertz CT molecular complexity index is 2080. The number of Topliss-reactive ketones (excluding diaryl/α,β-unsaturated/α-hetero) is 2. The molecule has 2 aliphatic heterocycles. The van der Waals surface area contributed by atoms with Gasteiger partial charge in [-0.3, -0.25) is 29.1 Å². The van der Waals surface area contributed by atoms with Crippen LogP contribution >= 0.6 is 0 Å². The fraction of sp³-hybridized carbons (Fsp3) is 0.541. The summed E-state index contributed by atoms with van der Waals surface area (Å²) >= 11 is 0. The third kappa shape index (κ3) is 20.5. The Morgan fingerprint density at radius 2 is 1.06 bits per heavy atom. The smallest absolute Gasteiger partial charge is 0.338 e. The molecule has 71 heavy (non-hydrogen) atoms. The number of hydrogen-bond acceptors (Lipinski definition) is 9. The third-order valence-electron chi connectivity index (χ3n) is 14.0. The molecule has 3 N–H and O–H groups in total. The van der Waals surface area contributed by atoms with E-state index in [-0.39, 0.29) is 24.0 Å². The van der Waals surface area contributed by atoms with E-state index in [1.54, 1.807) is 31.2 Å². The second-order valence-electron chi connectivity index (χ2n) is 19.5. The van der Waals surface area contributed by atoms with Crippen LogP contribution in [0, 0.1) is 41.5 Å². The van der Waals surface area contributed by atoms with Crippen molar-refractivity contribution in [1.82, 2.24) is 14.7 Å². The molecular weight excluding hydrogens is 883 g/mol. The van der Waals surface area contributed by atoms with Gasteiger partial charge in [0.2, 0.25) is 5.91 Å². The van der Waals surface area contributed by atoms with Crippen LogP contribution in [-0.4, -0.2) is 103 Å². The van der Waals surface area contributed by atoms with Crippen molar-refractivity contribution in [2.24, 2.45) is 0 Å². The minimum atomic E-state index is -0.308. The number of amides is 1. The van der Waals surface area contributed by atoms with Crippen molar-refractivity contribution in [3.8, 4) is 0 Å². The number of nitrogens with two attached hydrogens (primary N) is 1. The van der Waals surface area contributed by atoms with E-state index in [4.69, 9.17) is 10.5 Å². The number of benzene rings is 4. The number of esters is 1. The Balaban J connectivity index is 0.000000255. The van der Waals surface area contributed by atoms with Crippen molar-refractivity contribution in [2.45, 2.75) is 165 Å². The molecule has 0 radical (unpaired) electrons. The standard InChI is InChI=1S/C19H29NO.C18H28N2O.C15H23NO.C9H11NO2/c1-4-5-12-20-13-7-6-11-18(20)19(21)14-17-15(2)9-8-10-16(17)3;1-4-5-12-20-13-7-6-11-16(20)18(21)19-17-14(2)9-8-10-15(17)3;1-5-16(6-2)11-14(17)10-15-12(3)8-7-9-13(15)4;1-2-12-9(11)7-3-5-8(10)6-4-7/h8-10,18H,4-7,11-14H2,1-3H3;8-10,16H,4-7,11-13H2,1-3H3,(H,19,21);7-9H,5-6,10-11H2,1-4H3;3-6H,2,10H2,1H3/t18-;16-;;/m00../s1. The molecule has 10 heteroatoms. The number of carbonyl (C=O) groups excluding carboxylic acids is 4. The van der Waals surface area contributed by atoms with E-state index in [0.29, 0.717) is 48.8 Å². The van der Waals surface area contributed by atoms with Gasteiger partial charge in [0, 0.05) is 24.2 Å². The minimum Gasteiger partial charge on any atom is -0.462 e. The number of likely N-dealkylation sites (tertiary alicyclic amines) is 2. The van der Waals surface area contributed by atoms with Gasteiger partial charge in [-0.15, -0.1) is 0 Å². The van der Waals surface area contributed by atoms with Crippen LogP contribution in [0.25, 0.3) is 0 Å². The normalized spacial score (nSPS) is 15.8. The number of ether oxygens (including phenoxy) is 1. The number of nitrogens with zero attached hydrogens (tertiary/aromatic N) is 3. The Hall–Kier alpha value is -5.16. The second-order valence-corrected chi connectivity index (χ2v) is 19.5. The van der Waals surface area contributed by atoms with Gasteiger partial charge in [0.25, 0.3) is 0 Å². The summed E-state index contributed by atoms with van der Waals surface area (Å²) in [5.41, 5.74) is 17.3. The minimum absolute atomic E-state index is 0.0457. The lowest BCUT2D eigenvalue weighted by Gasteiger charge is -2.35. The highest BCUT2D eigenvalue weighted by Crippen LogP contribution is 2.25. The van der Waals surface area contributed by atoms with Crippen molar-refractivity contribution < 1.29 is 23.9 Å². The molecular formula is C61H91N5O5. The fourth-order valence-electron chi connectivity index (χ4n) is 9.45. The molecule has 0 aromatic heterocycles. The number of nitrogens with one attached hydrogen (secondary N) is 1. The average molecular weight is 974 g/mol. The Kier molecular flexibility index (Phi) is 27.7. The zero-order valence-corrected chi connectivity index (χ0v) is 45.8. The summed E-state index contributed by atoms with van der Waals surface area (Å²) in [5, 5.41) is 3.17. The topological polar surface area (TPSA) is 125 Å². The molecule has 0 spiro atoms. The van der Waals surface area contributed by atoms with Crippen molar-refractivity contribution in [3.63, 3.8) is 0 Å². The van der Waals surface area contributed by atoms with Crippen molar-refractivity contribution in [1.29, 1.82) is 0 Å². The highest BCUT2D eigenvalue weighted by atomic mass is 16.5. The molecule has 2 saturated heterocycles. The first kappa shape index (κ1) is 60.1. The maximum absolute atomic E-state index is 12.8. The van der Waals surface area contributed by atoms with E-state index < -0.39 is 0 Å². The number of ketones is 2. The third-order valence-corrected chi connectivity index (χ3v) is 14.0. The van der Waals surface area contributed by atoms with Gasteiger partial charge >= 0.3 is 5.97 Å². The molecule has 2 aliphatic rings. The predicted molar refractivity (Wildman–Crippen MR) is 297 cm³/mol. The maximum Gasteiger partial charge on any atom is 0.338 e. The Morgan fingerprint density at radius 1 is 0.606 bits per heavy atom. The van der Waals surface area contributed by atoms with Crippen LogP contribution in [-0.2, 0) is 32.0 Å². The second kappa shape index (κ2) is 32.7. The van der Waals surface area contributed by atoms with Crippen LogP contribution in [0.4, 0.5) is 11.4 Å². The van der Waals surface area contributed by atoms with Crippen molar-refractivity contribution in [3.05, 3.63) is 129 Å². The number of rotatable bonds is 19. The zero-order valence-electron chi connectivity index (χ0n) is 45.8. The summed E-state index contributed by atoms with van der Waals surface area (Å²) < 4.78 is 4.79. The van der Waals surface area contributed by atoms with E-state index in [1.165, 1.54) is 78.3 Å².